The Labute approximate surface area is 135 Å². The van der Waals surface area contributed by atoms with Crippen molar-refractivity contribution in [1.29, 1.82) is 0 Å². The molecular weight excluding hydrogens is 384 g/mol. The molecule has 1 aliphatic carbocycles. The number of rotatable bonds is 4. The normalized spacial score (nSPS) is 15.9. The highest BCUT2D eigenvalue weighted by Crippen LogP contribution is 2.32. The van der Waals surface area contributed by atoms with E-state index < -0.39 is 6.10 Å². The lowest BCUT2D eigenvalue weighted by molar-refractivity contribution is 0.219. The van der Waals surface area contributed by atoms with Crippen molar-refractivity contribution in [2.75, 3.05) is 0 Å². The molecule has 20 heavy (non-hydrogen) atoms. The molecular formula is C16H14Br2O2. The molecule has 0 bridgehead atoms. The van der Waals surface area contributed by atoms with Crippen molar-refractivity contribution in [2.24, 2.45) is 0 Å². The van der Waals surface area contributed by atoms with E-state index in [0.717, 1.165) is 38.7 Å². The molecule has 1 aliphatic rings. The third-order valence-electron chi connectivity index (χ3n) is 3.28. The number of benzene rings is 2. The molecule has 2 aromatic rings. The summed E-state index contributed by atoms with van der Waals surface area (Å²) in [6.07, 6.45) is 2.03. The Morgan fingerprint density at radius 2 is 1.75 bits per heavy atom. The third-order valence-corrected chi connectivity index (χ3v) is 4.49. The van der Waals surface area contributed by atoms with Gasteiger partial charge in [0.1, 0.15) is 11.9 Å². The van der Waals surface area contributed by atoms with E-state index in [4.69, 9.17) is 4.74 Å². The first-order valence-electron chi connectivity index (χ1n) is 6.53. The predicted molar refractivity (Wildman–Crippen MR) is 86.0 cm³/mol. The van der Waals surface area contributed by atoms with Crippen LogP contribution in [0.25, 0.3) is 0 Å². The zero-order chi connectivity index (χ0) is 14.1. The van der Waals surface area contributed by atoms with E-state index in [0.29, 0.717) is 6.10 Å². The monoisotopic (exact) mass is 396 g/mol. The van der Waals surface area contributed by atoms with Gasteiger partial charge in [0.15, 0.2) is 0 Å². The number of aliphatic hydroxyl groups excluding tert-OH is 1. The Hall–Kier alpha value is -0.840. The van der Waals surface area contributed by atoms with E-state index >= 15 is 0 Å². The van der Waals surface area contributed by atoms with Crippen molar-refractivity contribution in [3.8, 4) is 5.75 Å². The van der Waals surface area contributed by atoms with Gasteiger partial charge in [-0.15, -0.1) is 0 Å². The topological polar surface area (TPSA) is 29.5 Å². The van der Waals surface area contributed by atoms with Gasteiger partial charge in [-0.1, -0.05) is 44.0 Å². The summed E-state index contributed by atoms with van der Waals surface area (Å²) in [7, 11) is 0. The van der Waals surface area contributed by atoms with Gasteiger partial charge in [-0.3, -0.25) is 0 Å². The Morgan fingerprint density at radius 1 is 1.05 bits per heavy atom. The Morgan fingerprint density at radius 3 is 2.40 bits per heavy atom. The Bertz CT molecular complexity index is 606. The van der Waals surface area contributed by atoms with E-state index in [1.54, 1.807) is 0 Å². The number of aliphatic hydroxyl groups is 1. The van der Waals surface area contributed by atoms with Crippen LogP contribution in [0.4, 0.5) is 0 Å². The second-order valence-corrected chi connectivity index (χ2v) is 6.72. The van der Waals surface area contributed by atoms with Crippen LogP contribution >= 0.6 is 31.9 Å². The van der Waals surface area contributed by atoms with Crippen molar-refractivity contribution in [2.45, 2.75) is 25.0 Å². The molecule has 104 valence electrons. The summed E-state index contributed by atoms with van der Waals surface area (Å²) < 4.78 is 7.55. The molecule has 0 spiro atoms. The van der Waals surface area contributed by atoms with Gasteiger partial charge >= 0.3 is 0 Å². The number of halogens is 2. The minimum atomic E-state index is -0.656. The maximum Gasteiger partial charge on any atom is 0.119 e. The van der Waals surface area contributed by atoms with Gasteiger partial charge in [0.2, 0.25) is 0 Å². The maximum atomic E-state index is 10.5. The van der Waals surface area contributed by atoms with Gasteiger partial charge in [0.25, 0.3) is 0 Å². The summed E-state index contributed by atoms with van der Waals surface area (Å²) in [5.74, 6) is 0.872. The van der Waals surface area contributed by atoms with Crippen molar-refractivity contribution in [3.63, 3.8) is 0 Å². The zero-order valence-corrected chi connectivity index (χ0v) is 13.9. The quantitative estimate of drug-likeness (QED) is 0.800. The van der Waals surface area contributed by atoms with Gasteiger partial charge in [0, 0.05) is 14.5 Å². The fourth-order valence-corrected chi connectivity index (χ4v) is 2.85. The van der Waals surface area contributed by atoms with Crippen LogP contribution in [-0.4, -0.2) is 11.2 Å². The molecule has 1 N–H and O–H groups in total. The van der Waals surface area contributed by atoms with E-state index in [2.05, 4.69) is 31.9 Å². The van der Waals surface area contributed by atoms with Crippen molar-refractivity contribution < 1.29 is 9.84 Å². The molecule has 1 unspecified atom stereocenters. The second kappa shape index (κ2) is 5.88. The van der Waals surface area contributed by atoms with Crippen LogP contribution < -0.4 is 4.74 Å². The molecule has 3 rings (SSSR count). The molecule has 1 fully saturated rings. The van der Waals surface area contributed by atoms with Crippen molar-refractivity contribution in [1.82, 2.24) is 0 Å². The predicted octanol–water partition coefficient (Wildman–Crippen LogP) is 4.83. The van der Waals surface area contributed by atoms with Crippen LogP contribution in [0.1, 0.15) is 30.1 Å². The van der Waals surface area contributed by atoms with Crippen LogP contribution in [0.3, 0.4) is 0 Å². The van der Waals surface area contributed by atoms with Crippen LogP contribution in [0.2, 0.25) is 0 Å². The minimum Gasteiger partial charge on any atom is -0.490 e. The summed E-state index contributed by atoms with van der Waals surface area (Å²) in [5.41, 5.74) is 1.70. The summed E-state index contributed by atoms with van der Waals surface area (Å²) >= 11 is 6.91. The lowest BCUT2D eigenvalue weighted by Crippen LogP contribution is -2.01. The van der Waals surface area contributed by atoms with Crippen LogP contribution in [0.5, 0.6) is 5.75 Å². The Balaban J connectivity index is 1.81. The van der Waals surface area contributed by atoms with Gasteiger partial charge in [-0.2, -0.15) is 0 Å². The van der Waals surface area contributed by atoms with Crippen LogP contribution in [-0.2, 0) is 0 Å². The summed E-state index contributed by atoms with van der Waals surface area (Å²) in [4.78, 5) is 0. The summed E-state index contributed by atoms with van der Waals surface area (Å²) in [6.45, 7) is 0. The lowest BCUT2D eigenvalue weighted by Gasteiger charge is -2.14. The fourth-order valence-electron chi connectivity index (χ4n) is 2.01. The maximum absolute atomic E-state index is 10.5. The molecule has 2 nitrogen and oxygen atoms in total. The molecule has 1 atom stereocenters. The van der Waals surface area contributed by atoms with E-state index in [-0.39, 0.29) is 0 Å². The first-order chi connectivity index (χ1) is 9.63. The molecule has 4 heteroatoms. The summed E-state index contributed by atoms with van der Waals surface area (Å²) in [6, 6.07) is 13.4. The average molecular weight is 398 g/mol. The molecule has 0 radical (unpaired) electrons. The van der Waals surface area contributed by atoms with E-state index in [9.17, 15) is 5.11 Å². The largest absolute Gasteiger partial charge is 0.490 e. The first-order valence-corrected chi connectivity index (χ1v) is 8.12. The molecule has 0 heterocycles. The molecule has 1 saturated carbocycles. The smallest absolute Gasteiger partial charge is 0.119 e. The SMILES string of the molecule is OC(c1ccc(OC2CC2)cc1)c1cc(Br)ccc1Br. The first kappa shape index (κ1) is 14.1. The van der Waals surface area contributed by atoms with Gasteiger partial charge in [-0.25, -0.2) is 0 Å². The lowest BCUT2D eigenvalue weighted by atomic mass is 10.0. The van der Waals surface area contributed by atoms with Crippen LogP contribution in [0.15, 0.2) is 51.4 Å². The second-order valence-electron chi connectivity index (χ2n) is 4.95. The highest BCUT2D eigenvalue weighted by molar-refractivity contribution is 9.11. The minimum absolute atomic E-state index is 0.394. The molecule has 0 amide bonds. The van der Waals surface area contributed by atoms with Crippen molar-refractivity contribution in [3.05, 3.63) is 62.5 Å². The van der Waals surface area contributed by atoms with Gasteiger partial charge in [-0.05, 0) is 48.7 Å². The van der Waals surface area contributed by atoms with E-state index in [1.165, 1.54) is 0 Å². The molecule has 0 aromatic heterocycles. The molecule has 2 aromatic carbocycles. The number of ether oxygens (including phenoxy) is 1. The van der Waals surface area contributed by atoms with Gasteiger partial charge in [0.05, 0.1) is 6.10 Å². The zero-order valence-electron chi connectivity index (χ0n) is 10.7. The highest BCUT2D eigenvalue weighted by Gasteiger charge is 2.23. The Kier molecular flexibility index (Phi) is 4.15. The van der Waals surface area contributed by atoms with Crippen LogP contribution in [0, 0.1) is 0 Å². The number of hydrogen-bond donors (Lipinski definition) is 1. The molecule has 0 saturated heterocycles. The summed E-state index contributed by atoms with van der Waals surface area (Å²) in [5, 5.41) is 10.5. The fraction of sp³-hybridized carbons (Fsp3) is 0.250. The molecule has 0 aliphatic heterocycles. The average Bonchev–Trinajstić information content (AvgIpc) is 3.26. The third kappa shape index (κ3) is 3.25. The highest BCUT2D eigenvalue weighted by atomic mass is 79.9. The number of hydrogen-bond acceptors (Lipinski definition) is 2. The van der Waals surface area contributed by atoms with E-state index in [1.807, 2.05) is 42.5 Å². The van der Waals surface area contributed by atoms with Gasteiger partial charge < -0.3 is 9.84 Å². The van der Waals surface area contributed by atoms with Crippen molar-refractivity contribution >= 4 is 31.9 Å². The standard InChI is InChI=1S/C16H14Br2O2/c17-11-3-8-15(18)14(9-11)16(19)10-1-4-12(5-2-10)20-13-6-7-13/h1-5,8-9,13,16,19H,6-7H2.